The SMILES string of the molecule is CSc1ccc(-n2cc(C=C(F)B3OC(C)(C)C(C)(C)O3)nn2)cc1. The molecule has 0 spiro atoms. The summed E-state index contributed by atoms with van der Waals surface area (Å²) in [5.41, 5.74) is -0.426. The highest BCUT2D eigenvalue weighted by molar-refractivity contribution is 7.98. The zero-order valence-corrected chi connectivity index (χ0v) is 15.8. The number of nitrogens with zero attached hydrogens (tertiary/aromatic N) is 3. The zero-order chi connectivity index (χ0) is 18.2. The van der Waals surface area contributed by atoms with Crippen LogP contribution in [0.5, 0.6) is 0 Å². The van der Waals surface area contributed by atoms with Gasteiger partial charge in [-0.3, -0.25) is 0 Å². The Balaban J connectivity index is 1.77. The van der Waals surface area contributed by atoms with E-state index in [9.17, 15) is 4.39 Å². The van der Waals surface area contributed by atoms with Crippen LogP contribution in [0.1, 0.15) is 33.4 Å². The largest absolute Gasteiger partial charge is 0.525 e. The Labute approximate surface area is 151 Å². The molecule has 0 N–H and O–H groups in total. The summed E-state index contributed by atoms with van der Waals surface area (Å²) in [6.45, 7) is 7.53. The van der Waals surface area contributed by atoms with E-state index in [1.165, 1.54) is 6.08 Å². The first-order valence-corrected chi connectivity index (χ1v) is 9.24. The lowest BCUT2D eigenvalue weighted by atomic mass is 9.87. The van der Waals surface area contributed by atoms with E-state index in [4.69, 9.17) is 9.31 Å². The van der Waals surface area contributed by atoms with Crippen molar-refractivity contribution in [1.29, 1.82) is 0 Å². The zero-order valence-electron chi connectivity index (χ0n) is 15.0. The van der Waals surface area contributed by atoms with Gasteiger partial charge in [-0.05, 0) is 64.3 Å². The third-order valence-electron chi connectivity index (χ3n) is 4.61. The molecule has 3 rings (SSSR count). The van der Waals surface area contributed by atoms with Crippen LogP contribution >= 0.6 is 11.8 Å². The molecular formula is C17H21BFN3O2S. The maximum atomic E-state index is 14.5. The first-order valence-electron chi connectivity index (χ1n) is 8.01. The van der Waals surface area contributed by atoms with E-state index in [-0.39, 0.29) is 0 Å². The number of aromatic nitrogens is 3. The van der Waals surface area contributed by atoms with E-state index in [0.717, 1.165) is 10.6 Å². The minimum atomic E-state index is -1.03. The summed E-state index contributed by atoms with van der Waals surface area (Å²) >= 11 is 1.67. The summed E-state index contributed by atoms with van der Waals surface area (Å²) in [6, 6.07) is 7.89. The molecule has 2 heterocycles. The Morgan fingerprint density at radius 2 is 1.76 bits per heavy atom. The standard InChI is InChI=1S/C17H21BFN3O2S/c1-16(2)17(3,4)24-18(23-16)15(19)10-12-11-22(21-20-12)13-6-8-14(25-5)9-7-13/h6-11H,1-5H3. The lowest BCUT2D eigenvalue weighted by Gasteiger charge is -2.32. The predicted octanol–water partition coefficient (Wildman–Crippen LogP) is 3.93. The van der Waals surface area contributed by atoms with Crippen LogP contribution in [-0.2, 0) is 9.31 Å². The van der Waals surface area contributed by atoms with Crippen LogP contribution in [0.25, 0.3) is 11.8 Å². The van der Waals surface area contributed by atoms with E-state index < -0.39 is 24.0 Å². The molecule has 5 nitrogen and oxygen atoms in total. The smallest absolute Gasteiger partial charge is 0.398 e. The normalized spacial score (nSPS) is 19.4. The van der Waals surface area contributed by atoms with Gasteiger partial charge in [-0.15, -0.1) is 16.9 Å². The van der Waals surface area contributed by atoms with Crippen molar-refractivity contribution in [3.63, 3.8) is 0 Å². The predicted molar refractivity (Wildman–Crippen MR) is 98.3 cm³/mol. The lowest BCUT2D eigenvalue weighted by Crippen LogP contribution is -2.41. The first kappa shape index (κ1) is 18.2. The maximum Gasteiger partial charge on any atom is 0.525 e. The summed E-state index contributed by atoms with van der Waals surface area (Å²) in [4.78, 5) is 1.16. The van der Waals surface area contributed by atoms with Gasteiger partial charge < -0.3 is 9.31 Å². The molecule has 1 aromatic heterocycles. The van der Waals surface area contributed by atoms with Crippen molar-refractivity contribution in [1.82, 2.24) is 15.0 Å². The minimum Gasteiger partial charge on any atom is -0.398 e. The molecule has 1 saturated heterocycles. The fraction of sp³-hybridized carbons (Fsp3) is 0.412. The maximum absolute atomic E-state index is 14.5. The molecule has 1 fully saturated rings. The minimum absolute atomic E-state index is 0.404. The van der Waals surface area contributed by atoms with Crippen LogP contribution in [0.3, 0.4) is 0 Å². The summed E-state index contributed by atoms with van der Waals surface area (Å²) in [5, 5.41) is 8.05. The van der Waals surface area contributed by atoms with Crippen molar-refractivity contribution in [2.24, 2.45) is 0 Å². The molecule has 1 aliphatic rings. The summed E-state index contributed by atoms with van der Waals surface area (Å²) in [6.07, 6.45) is 4.98. The highest BCUT2D eigenvalue weighted by atomic mass is 32.2. The molecule has 0 radical (unpaired) electrons. The highest BCUT2D eigenvalue weighted by Gasteiger charge is 2.53. The number of hydrogen-bond donors (Lipinski definition) is 0. The van der Waals surface area contributed by atoms with Crippen molar-refractivity contribution in [2.75, 3.05) is 6.26 Å². The molecule has 1 aliphatic heterocycles. The third-order valence-corrected chi connectivity index (χ3v) is 5.36. The van der Waals surface area contributed by atoms with Gasteiger partial charge in [0.1, 0.15) is 11.4 Å². The van der Waals surface area contributed by atoms with Gasteiger partial charge in [0.05, 0.1) is 23.1 Å². The molecule has 0 atom stereocenters. The van der Waals surface area contributed by atoms with Crippen molar-refractivity contribution < 1.29 is 13.7 Å². The fourth-order valence-electron chi connectivity index (χ4n) is 2.37. The summed E-state index contributed by atoms with van der Waals surface area (Å²) in [5.74, 6) is 0. The highest BCUT2D eigenvalue weighted by Crippen LogP contribution is 2.39. The second kappa shape index (κ2) is 6.59. The molecule has 132 valence electrons. The molecule has 0 unspecified atom stereocenters. The van der Waals surface area contributed by atoms with Gasteiger partial charge in [0, 0.05) is 4.90 Å². The van der Waals surface area contributed by atoms with Gasteiger partial charge in [0.2, 0.25) is 0 Å². The van der Waals surface area contributed by atoms with Gasteiger partial charge in [-0.25, -0.2) is 9.07 Å². The Hall–Kier alpha value is -1.64. The Morgan fingerprint density at radius 1 is 1.16 bits per heavy atom. The average Bonchev–Trinajstić information content (AvgIpc) is 3.10. The van der Waals surface area contributed by atoms with Crippen molar-refractivity contribution in [2.45, 2.75) is 43.8 Å². The van der Waals surface area contributed by atoms with Crippen LogP contribution in [0.2, 0.25) is 0 Å². The number of thioether (sulfide) groups is 1. The molecule has 0 saturated carbocycles. The first-order chi connectivity index (χ1) is 11.7. The number of hydrogen-bond acceptors (Lipinski definition) is 5. The molecule has 0 bridgehead atoms. The van der Waals surface area contributed by atoms with E-state index in [1.54, 1.807) is 22.6 Å². The molecule has 0 amide bonds. The van der Waals surface area contributed by atoms with Crippen LogP contribution in [0.4, 0.5) is 4.39 Å². The van der Waals surface area contributed by atoms with Gasteiger partial charge in [0.25, 0.3) is 0 Å². The van der Waals surface area contributed by atoms with Gasteiger partial charge >= 0.3 is 7.12 Å². The average molecular weight is 361 g/mol. The summed E-state index contributed by atoms with van der Waals surface area (Å²) in [7, 11) is -1.03. The number of halogens is 1. The van der Waals surface area contributed by atoms with Crippen LogP contribution in [-0.4, -0.2) is 39.6 Å². The Bertz CT molecular complexity index is 773. The molecule has 8 heteroatoms. The molecular weight excluding hydrogens is 340 g/mol. The molecule has 0 aliphatic carbocycles. The van der Waals surface area contributed by atoms with Crippen LogP contribution in [0, 0.1) is 0 Å². The second-order valence-corrected chi connectivity index (χ2v) is 7.78. The monoisotopic (exact) mass is 361 g/mol. The Kier molecular flexibility index (Phi) is 4.79. The van der Waals surface area contributed by atoms with E-state index in [2.05, 4.69) is 10.3 Å². The number of rotatable bonds is 4. The van der Waals surface area contributed by atoms with Crippen LogP contribution < -0.4 is 0 Å². The van der Waals surface area contributed by atoms with E-state index >= 15 is 0 Å². The topological polar surface area (TPSA) is 49.2 Å². The second-order valence-electron chi connectivity index (χ2n) is 6.90. The van der Waals surface area contributed by atoms with E-state index in [0.29, 0.717) is 5.69 Å². The van der Waals surface area contributed by atoms with Crippen molar-refractivity contribution in [3.05, 3.63) is 41.9 Å². The van der Waals surface area contributed by atoms with Crippen molar-refractivity contribution >= 4 is 25.0 Å². The van der Waals surface area contributed by atoms with Gasteiger partial charge in [-0.2, -0.15) is 0 Å². The van der Waals surface area contributed by atoms with Crippen LogP contribution in [0.15, 0.2) is 41.1 Å². The molecule has 25 heavy (non-hydrogen) atoms. The fourth-order valence-corrected chi connectivity index (χ4v) is 2.78. The van der Waals surface area contributed by atoms with E-state index in [1.807, 2.05) is 58.2 Å². The van der Waals surface area contributed by atoms with Gasteiger partial charge in [-0.1, -0.05) is 5.21 Å². The quantitative estimate of drug-likeness (QED) is 0.610. The van der Waals surface area contributed by atoms with Gasteiger partial charge in [0.15, 0.2) is 0 Å². The Morgan fingerprint density at radius 3 is 2.32 bits per heavy atom. The summed E-state index contributed by atoms with van der Waals surface area (Å²) < 4.78 is 27.5. The molecule has 1 aromatic carbocycles. The third kappa shape index (κ3) is 3.66. The lowest BCUT2D eigenvalue weighted by molar-refractivity contribution is 0.00578. The molecule has 2 aromatic rings. The number of benzene rings is 1. The van der Waals surface area contributed by atoms with Crippen molar-refractivity contribution in [3.8, 4) is 5.69 Å².